The average Bonchev–Trinajstić information content (AvgIpc) is 2.53. The molecule has 0 spiro atoms. The van der Waals surface area contributed by atoms with Crippen LogP contribution in [0.15, 0.2) is 18.2 Å². The molecule has 2 N–H and O–H groups in total. The van der Waals surface area contributed by atoms with E-state index in [1.54, 1.807) is 6.92 Å². The number of carboxylic acid groups (broad SMARTS) is 1. The third-order valence-corrected chi connectivity index (χ3v) is 4.17. The minimum Gasteiger partial charge on any atom is -0.481 e. The Bertz CT molecular complexity index is 637. The number of hydrogen-bond donors (Lipinski definition) is 2. The molecule has 23 heavy (non-hydrogen) atoms. The van der Waals surface area contributed by atoms with E-state index in [0.29, 0.717) is 31.6 Å². The van der Waals surface area contributed by atoms with E-state index in [0.717, 1.165) is 0 Å². The standard InChI is InChI=1S/C15H18N2O6/c1-10-2-3-11(17(21)22)8-12(10)13(18)16-9-15(14(19)20)4-6-23-7-5-15/h2-3,8H,4-7,9H2,1H3,(H,16,18)(H,19,20). The first-order valence-corrected chi connectivity index (χ1v) is 7.20. The first kappa shape index (κ1) is 16.9. The van der Waals surface area contributed by atoms with E-state index in [1.165, 1.54) is 18.2 Å². The average molecular weight is 322 g/mol. The number of aryl methyl sites for hydroxylation is 1. The molecular formula is C15H18N2O6. The molecule has 1 saturated heterocycles. The second-order valence-corrected chi connectivity index (χ2v) is 5.64. The van der Waals surface area contributed by atoms with E-state index in [4.69, 9.17) is 4.74 Å². The Balaban J connectivity index is 2.14. The van der Waals surface area contributed by atoms with Gasteiger partial charge in [0, 0.05) is 37.5 Å². The number of carboxylic acids is 1. The number of ether oxygens (including phenoxy) is 1. The van der Waals surface area contributed by atoms with Gasteiger partial charge in [0.15, 0.2) is 0 Å². The molecule has 0 saturated carbocycles. The zero-order valence-corrected chi connectivity index (χ0v) is 12.7. The van der Waals surface area contributed by atoms with E-state index in [2.05, 4.69) is 5.32 Å². The van der Waals surface area contributed by atoms with Gasteiger partial charge in [-0.15, -0.1) is 0 Å². The van der Waals surface area contributed by atoms with Gasteiger partial charge < -0.3 is 15.2 Å². The molecule has 0 bridgehead atoms. The quantitative estimate of drug-likeness (QED) is 0.626. The Morgan fingerprint density at radius 2 is 2.04 bits per heavy atom. The summed E-state index contributed by atoms with van der Waals surface area (Å²) < 4.78 is 5.18. The molecule has 0 aromatic heterocycles. The van der Waals surface area contributed by atoms with Crippen LogP contribution in [0.2, 0.25) is 0 Å². The van der Waals surface area contributed by atoms with Gasteiger partial charge in [-0.2, -0.15) is 0 Å². The lowest BCUT2D eigenvalue weighted by Crippen LogP contribution is -2.46. The number of hydrogen-bond acceptors (Lipinski definition) is 5. The van der Waals surface area contributed by atoms with Crippen LogP contribution in [0.5, 0.6) is 0 Å². The molecule has 1 fully saturated rings. The molecule has 1 aromatic carbocycles. The topological polar surface area (TPSA) is 119 Å². The molecule has 124 valence electrons. The molecule has 1 aromatic rings. The number of carbonyl (C=O) groups excluding carboxylic acids is 1. The van der Waals surface area contributed by atoms with Gasteiger partial charge in [0.1, 0.15) is 0 Å². The van der Waals surface area contributed by atoms with Crippen LogP contribution in [-0.4, -0.2) is 41.7 Å². The van der Waals surface area contributed by atoms with Crippen LogP contribution < -0.4 is 5.32 Å². The highest BCUT2D eigenvalue weighted by atomic mass is 16.6. The van der Waals surface area contributed by atoms with Gasteiger partial charge in [-0.1, -0.05) is 6.07 Å². The number of benzene rings is 1. The number of rotatable bonds is 5. The normalized spacial score (nSPS) is 16.6. The monoisotopic (exact) mass is 322 g/mol. The fraction of sp³-hybridized carbons (Fsp3) is 0.467. The zero-order valence-electron chi connectivity index (χ0n) is 12.7. The first-order valence-electron chi connectivity index (χ1n) is 7.20. The lowest BCUT2D eigenvalue weighted by Gasteiger charge is -2.33. The van der Waals surface area contributed by atoms with Crippen molar-refractivity contribution in [2.75, 3.05) is 19.8 Å². The molecule has 0 aliphatic carbocycles. The second kappa shape index (κ2) is 6.74. The zero-order chi connectivity index (χ0) is 17.0. The van der Waals surface area contributed by atoms with Gasteiger partial charge in [0.2, 0.25) is 0 Å². The maximum atomic E-state index is 12.3. The lowest BCUT2D eigenvalue weighted by atomic mass is 9.80. The highest BCUT2D eigenvalue weighted by molar-refractivity contribution is 5.96. The molecule has 1 amide bonds. The molecule has 0 radical (unpaired) electrons. The van der Waals surface area contributed by atoms with Crippen LogP contribution in [0.4, 0.5) is 5.69 Å². The smallest absolute Gasteiger partial charge is 0.311 e. The van der Waals surface area contributed by atoms with Crippen LogP contribution in [0.25, 0.3) is 0 Å². The van der Waals surface area contributed by atoms with Crippen LogP contribution in [0.1, 0.15) is 28.8 Å². The Kier molecular flexibility index (Phi) is 4.95. The number of nitro benzene ring substituents is 1. The highest BCUT2D eigenvalue weighted by Gasteiger charge is 2.40. The summed E-state index contributed by atoms with van der Waals surface area (Å²) in [4.78, 5) is 34.1. The van der Waals surface area contributed by atoms with Crippen molar-refractivity contribution < 1.29 is 24.4 Å². The molecule has 8 nitrogen and oxygen atoms in total. The Hall–Kier alpha value is -2.48. The maximum Gasteiger partial charge on any atom is 0.311 e. The van der Waals surface area contributed by atoms with Crippen LogP contribution in [0.3, 0.4) is 0 Å². The number of carbonyl (C=O) groups is 2. The Morgan fingerprint density at radius 3 is 2.61 bits per heavy atom. The number of aliphatic carboxylic acids is 1. The van der Waals surface area contributed by atoms with E-state index in [1.807, 2.05) is 0 Å². The van der Waals surface area contributed by atoms with Crippen LogP contribution in [-0.2, 0) is 9.53 Å². The molecule has 0 unspecified atom stereocenters. The second-order valence-electron chi connectivity index (χ2n) is 5.64. The minimum absolute atomic E-state index is 0.0351. The molecular weight excluding hydrogens is 304 g/mol. The molecule has 1 heterocycles. The van der Waals surface area contributed by atoms with Crippen molar-refractivity contribution >= 4 is 17.6 Å². The number of nitrogens with zero attached hydrogens (tertiary/aromatic N) is 1. The lowest BCUT2D eigenvalue weighted by molar-refractivity contribution is -0.384. The minimum atomic E-state index is -1.05. The summed E-state index contributed by atoms with van der Waals surface area (Å²) in [6, 6.07) is 4.01. The summed E-state index contributed by atoms with van der Waals surface area (Å²) >= 11 is 0. The van der Waals surface area contributed by atoms with Gasteiger partial charge in [0.05, 0.1) is 10.3 Å². The first-order chi connectivity index (χ1) is 10.9. The summed E-state index contributed by atoms with van der Waals surface area (Å²) in [6.07, 6.45) is 0.632. The van der Waals surface area contributed by atoms with Crippen LogP contribution >= 0.6 is 0 Å². The van der Waals surface area contributed by atoms with Crippen molar-refractivity contribution in [3.63, 3.8) is 0 Å². The van der Waals surface area contributed by atoms with Crippen molar-refractivity contribution in [1.82, 2.24) is 5.32 Å². The predicted octanol–water partition coefficient (Wildman–Crippen LogP) is 1.51. The largest absolute Gasteiger partial charge is 0.481 e. The summed E-state index contributed by atoms with van der Waals surface area (Å²) in [6.45, 7) is 2.29. The van der Waals surface area contributed by atoms with Crippen molar-refractivity contribution in [1.29, 1.82) is 0 Å². The van der Waals surface area contributed by atoms with Gasteiger partial charge in [-0.25, -0.2) is 0 Å². The van der Waals surface area contributed by atoms with E-state index in [9.17, 15) is 24.8 Å². The van der Waals surface area contributed by atoms with Crippen molar-refractivity contribution in [2.24, 2.45) is 5.41 Å². The SMILES string of the molecule is Cc1ccc([N+](=O)[O-])cc1C(=O)NCC1(C(=O)O)CCOCC1. The summed E-state index contributed by atoms with van der Waals surface area (Å²) in [5, 5.41) is 22.9. The van der Waals surface area contributed by atoms with Crippen molar-refractivity contribution in [2.45, 2.75) is 19.8 Å². The van der Waals surface area contributed by atoms with E-state index >= 15 is 0 Å². The van der Waals surface area contributed by atoms with Gasteiger partial charge in [0.25, 0.3) is 11.6 Å². The molecule has 1 aliphatic heterocycles. The Labute approximate surface area is 132 Å². The van der Waals surface area contributed by atoms with Gasteiger partial charge in [-0.05, 0) is 25.3 Å². The molecule has 1 aliphatic rings. The fourth-order valence-corrected chi connectivity index (χ4v) is 2.54. The summed E-state index contributed by atoms with van der Waals surface area (Å²) in [5.74, 6) is -1.49. The summed E-state index contributed by atoms with van der Waals surface area (Å²) in [7, 11) is 0. The maximum absolute atomic E-state index is 12.3. The summed E-state index contributed by atoms with van der Waals surface area (Å²) in [5.41, 5.74) is -0.473. The molecule has 8 heteroatoms. The van der Waals surface area contributed by atoms with Gasteiger partial charge in [-0.3, -0.25) is 19.7 Å². The highest BCUT2D eigenvalue weighted by Crippen LogP contribution is 2.30. The number of non-ortho nitro benzene ring substituents is 1. The third kappa shape index (κ3) is 3.65. The third-order valence-electron chi connectivity index (χ3n) is 4.17. The van der Waals surface area contributed by atoms with E-state index in [-0.39, 0.29) is 17.8 Å². The van der Waals surface area contributed by atoms with Gasteiger partial charge >= 0.3 is 5.97 Å². The number of amides is 1. The Morgan fingerprint density at radius 1 is 1.39 bits per heavy atom. The number of nitrogens with one attached hydrogen (secondary N) is 1. The predicted molar refractivity (Wildman–Crippen MR) is 80.3 cm³/mol. The molecule has 0 atom stereocenters. The van der Waals surface area contributed by atoms with E-state index < -0.39 is 22.2 Å². The van der Waals surface area contributed by atoms with Crippen molar-refractivity contribution in [3.05, 3.63) is 39.4 Å². The van der Waals surface area contributed by atoms with Crippen LogP contribution in [0, 0.1) is 22.5 Å². The number of nitro groups is 1. The van der Waals surface area contributed by atoms with Crippen molar-refractivity contribution in [3.8, 4) is 0 Å². The molecule has 2 rings (SSSR count). The fourth-order valence-electron chi connectivity index (χ4n) is 2.54.